The Morgan fingerprint density at radius 2 is 2.19 bits per heavy atom. The summed E-state index contributed by atoms with van der Waals surface area (Å²) in [5, 5.41) is 13.6. The van der Waals surface area contributed by atoms with Gasteiger partial charge in [0.25, 0.3) is 5.91 Å². The number of rotatable bonds is 4. The van der Waals surface area contributed by atoms with Crippen molar-refractivity contribution >= 4 is 29.1 Å². The number of nitrogens with zero attached hydrogens (tertiary/aromatic N) is 1. The second-order valence-electron chi connectivity index (χ2n) is 5.55. The summed E-state index contributed by atoms with van der Waals surface area (Å²) >= 11 is 1.31. The number of thiophene rings is 1. The van der Waals surface area contributed by atoms with E-state index in [0.717, 1.165) is 0 Å². The van der Waals surface area contributed by atoms with Gasteiger partial charge in [-0.3, -0.25) is 14.4 Å². The highest BCUT2D eigenvalue weighted by Crippen LogP contribution is 2.30. The van der Waals surface area contributed by atoms with Gasteiger partial charge in [0.05, 0.1) is 10.3 Å². The van der Waals surface area contributed by atoms with Crippen LogP contribution in [0.4, 0.5) is 0 Å². The first kappa shape index (κ1) is 15.5. The van der Waals surface area contributed by atoms with Crippen LogP contribution >= 0.6 is 11.3 Å². The lowest BCUT2D eigenvalue weighted by Gasteiger charge is -2.23. The summed E-state index contributed by atoms with van der Waals surface area (Å²) in [6.07, 6.45) is 0.430. The number of likely N-dealkylation sites (tertiary alicyclic amines) is 1. The van der Waals surface area contributed by atoms with Gasteiger partial charge in [-0.15, -0.1) is 11.3 Å². The highest BCUT2D eigenvalue weighted by molar-refractivity contribution is 7.12. The van der Waals surface area contributed by atoms with Gasteiger partial charge in [-0.05, 0) is 31.7 Å². The summed E-state index contributed by atoms with van der Waals surface area (Å²) in [7, 11) is 0. The van der Waals surface area contributed by atoms with Gasteiger partial charge in [-0.2, -0.15) is 0 Å². The Kier molecular flexibility index (Phi) is 4.32. The standard InChI is InChI=1S/C14H18N2O4S/c1-9(15-11(17)10-4-3-7-21-10)12(18)16-6-5-14(2,8-16)13(19)20/h3-4,7,9H,5-6,8H2,1-2H3,(H,15,17)(H,19,20). The number of carbonyl (C=O) groups excluding carboxylic acids is 2. The summed E-state index contributed by atoms with van der Waals surface area (Å²) < 4.78 is 0. The van der Waals surface area contributed by atoms with Crippen LogP contribution in [0.15, 0.2) is 17.5 Å². The molecular weight excluding hydrogens is 292 g/mol. The highest BCUT2D eigenvalue weighted by Gasteiger charge is 2.42. The third-order valence-corrected chi connectivity index (χ3v) is 4.63. The maximum Gasteiger partial charge on any atom is 0.311 e. The predicted octanol–water partition coefficient (Wildman–Crippen LogP) is 1.19. The minimum absolute atomic E-state index is 0.181. The number of amides is 2. The molecule has 0 bridgehead atoms. The molecule has 2 unspecified atom stereocenters. The Bertz CT molecular complexity index is 557. The molecule has 1 aliphatic heterocycles. The van der Waals surface area contributed by atoms with Gasteiger partial charge in [0.15, 0.2) is 0 Å². The Morgan fingerprint density at radius 1 is 1.48 bits per heavy atom. The van der Waals surface area contributed by atoms with E-state index in [4.69, 9.17) is 0 Å². The molecular formula is C14H18N2O4S. The molecule has 2 N–H and O–H groups in total. The minimum atomic E-state index is -0.896. The van der Waals surface area contributed by atoms with E-state index in [1.807, 2.05) is 0 Å². The van der Waals surface area contributed by atoms with Crippen LogP contribution in [0.5, 0.6) is 0 Å². The first-order valence-electron chi connectivity index (χ1n) is 6.70. The first-order chi connectivity index (χ1) is 9.83. The number of nitrogens with one attached hydrogen (secondary N) is 1. The molecule has 0 spiro atoms. The number of carboxylic acids is 1. The third kappa shape index (κ3) is 3.24. The van der Waals surface area contributed by atoms with Crippen molar-refractivity contribution in [2.75, 3.05) is 13.1 Å². The Balaban J connectivity index is 1.95. The monoisotopic (exact) mass is 310 g/mol. The fraction of sp³-hybridized carbons (Fsp3) is 0.500. The third-order valence-electron chi connectivity index (χ3n) is 3.76. The van der Waals surface area contributed by atoms with Gasteiger partial charge < -0.3 is 15.3 Å². The first-order valence-corrected chi connectivity index (χ1v) is 7.58. The van der Waals surface area contributed by atoms with E-state index < -0.39 is 17.4 Å². The Labute approximate surface area is 126 Å². The average Bonchev–Trinajstić information content (AvgIpc) is 3.07. The smallest absolute Gasteiger partial charge is 0.311 e. The Morgan fingerprint density at radius 3 is 2.71 bits per heavy atom. The quantitative estimate of drug-likeness (QED) is 0.874. The molecule has 0 saturated carbocycles. The summed E-state index contributed by atoms with van der Waals surface area (Å²) in [4.78, 5) is 37.4. The van der Waals surface area contributed by atoms with Crippen LogP contribution in [0.25, 0.3) is 0 Å². The molecule has 0 aliphatic carbocycles. The fourth-order valence-corrected chi connectivity index (χ4v) is 2.96. The van der Waals surface area contributed by atoms with E-state index in [0.29, 0.717) is 17.8 Å². The van der Waals surface area contributed by atoms with Gasteiger partial charge in [0, 0.05) is 13.1 Å². The van der Waals surface area contributed by atoms with Gasteiger partial charge in [0.2, 0.25) is 5.91 Å². The number of hydrogen-bond donors (Lipinski definition) is 2. The lowest BCUT2D eigenvalue weighted by Crippen LogP contribution is -2.47. The molecule has 2 atom stereocenters. The van der Waals surface area contributed by atoms with Crippen LogP contribution in [0.3, 0.4) is 0 Å². The van der Waals surface area contributed by atoms with Crippen LogP contribution in [-0.4, -0.2) is 46.9 Å². The SMILES string of the molecule is CC(NC(=O)c1cccs1)C(=O)N1CCC(C)(C(=O)O)C1. The van der Waals surface area contributed by atoms with E-state index in [-0.39, 0.29) is 18.4 Å². The van der Waals surface area contributed by atoms with Crippen molar-refractivity contribution < 1.29 is 19.5 Å². The molecule has 1 saturated heterocycles. The summed E-state index contributed by atoms with van der Waals surface area (Å²) in [6.45, 7) is 3.84. The largest absolute Gasteiger partial charge is 0.481 e. The fourth-order valence-electron chi connectivity index (χ4n) is 2.33. The second kappa shape index (κ2) is 5.85. The molecule has 1 aromatic heterocycles. The van der Waals surface area contributed by atoms with Crippen molar-refractivity contribution in [1.82, 2.24) is 10.2 Å². The molecule has 7 heteroatoms. The maximum absolute atomic E-state index is 12.3. The average molecular weight is 310 g/mol. The van der Waals surface area contributed by atoms with Crippen molar-refractivity contribution in [2.45, 2.75) is 26.3 Å². The van der Waals surface area contributed by atoms with Crippen molar-refractivity contribution in [3.8, 4) is 0 Å². The molecule has 0 aromatic carbocycles. The molecule has 0 radical (unpaired) electrons. The topological polar surface area (TPSA) is 86.7 Å². The van der Waals surface area contributed by atoms with Gasteiger partial charge in [-0.25, -0.2) is 0 Å². The van der Waals surface area contributed by atoms with E-state index in [9.17, 15) is 19.5 Å². The number of aliphatic carboxylic acids is 1. The second-order valence-corrected chi connectivity index (χ2v) is 6.50. The molecule has 114 valence electrons. The molecule has 2 rings (SSSR count). The lowest BCUT2D eigenvalue weighted by molar-refractivity contribution is -0.147. The van der Waals surface area contributed by atoms with Crippen LogP contribution < -0.4 is 5.32 Å². The molecule has 1 aromatic rings. The van der Waals surface area contributed by atoms with Crippen molar-refractivity contribution in [3.63, 3.8) is 0 Å². The zero-order chi connectivity index (χ0) is 15.6. The summed E-state index contributed by atoms with van der Waals surface area (Å²) in [5.74, 6) is -1.43. The summed E-state index contributed by atoms with van der Waals surface area (Å²) in [6, 6.07) is 2.79. The van der Waals surface area contributed by atoms with Crippen molar-refractivity contribution in [2.24, 2.45) is 5.41 Å². The predicted molar refractivity (Wildman–Crippen MR) is 78.2 cm³/mol. The minimum Gasteiger partial charge on any atom is -0.481 e. The zero-order valence-corrected chi connectivity index (χ0v) is 12.8. The van der Waals surface area contributed by atoms with Crippen LogP contribution in [0.2, 0.25) is 0 Å². The molecule has 2 amide bonds. The van der Waals surface area contributed by atoms with Crippen molar-refractivity contribution in [3.05, 3.63) is 22.4 Å². The number of hydrogen-bond acceptors (Lipinski definition) is 4. The van der Waals surface area contributed by atoms with Crippen molar-refractivity contribution in [1.29, 1.82) is 0 Å². The molecule has 6 nitrogen and oxygen atoms in total. The zero-order valence-electron chi connectivity index (χ0n) is 12.0. The number of carbonyl (C=O) groups is 3. The van der Waals surface area contributed by atoms with E-state index in [2.05, 4.69) is 5.32 Å². The summed E-state index contributed by atoms with van der Waals surface area (Å²) in [5.41, 5.74) is -0.896. The van der Waals surface area contributed by atoms with Gasteiger partial charge in [0.1, 0.15) is 6.04 Å². The van der Waals surface area contributed by atoms with Gasteiger partial charge in [-0.1, -0.05) is 6.07 Å². The van der Waals surface area contributed by atoms with Gasteiger partial charge >= 0.3 is 5.97 Å². The maximum atomic E-state index is 12.3. The van der Waals surface area contributed by atoms with E-state index in [1.165, 1.54) is 16.2 Å². The van der Waals surface area contributed by atoms with E-state index >= 15 is 0 Å². The van der Waals surface area contributed by atoms with Crippen LogP contribution in [0.1, 0.15) is 29.9 Å². The number of carboxylic acid groups (broad SMARTS) is 1. The van der Waals surface area contributed by atoms with E-state index in [1.54, 1.807) is 31.4 Å². The molecule has 1 fully saturated rings. The van der Waals surface area contributed by atoms with Crippen LogP contribution in [0, 0.1) is 5.41 Å². The lowest BCUT2D eigenvalue weighted by atomic mass is 9.90. The van der Waals surface area contributed by atoms with Crippen LogP contribution in [-0.2, 0) is 9.59 Å². The highest BCUT2D eigenvalue weighted by atomic mass is 32.1. The molecule has 2 heterocycles. The molecule has 1 aliphatic rings. The Hall–Kier alpha value is -1.89. The molecule has 21 heavy (non-hydrogen) atoms. The normalized spacial score (nSPS) is 22.9.